The molecule has 2 rings (SSSR count). The van der Waals surface area contributed by atoms with Gasteiger partial charge in [0.2, 0.25) is 5.95 Å². The highest BCUT2D eigenvalue weighted by atomic mass is 15.2. The number of pyridine rings is 1. The number of hydrogen-bond donors (Lipinski definition) is 1. The maximum atomic E-state index is 4.52. The fourth-order valence-electron chi connectivity index (χ4n) is 1.81. The van der Waals surface area contributed by atoms with Crippen molar-refractivity contribution < 1.29 is 0 Å². The molecule has 0 unspecified atom stereocenters. The summed E-state index contributed by atoms with van der Waals surface area (Å²) in [6.45, 7) is 3.82. The predicted octanol–water partition coefficient (Wildman–Crippen LogP) is 2.72. The smallest absolute Gasteiger partial charge is 0.226 e. The van der Waals surface area contributed by atoms with Crippen molar-refractivity contribution in [1.29, 1.82) is 0 Å². The van der Waals surface area contributed by atoms with Gasteiger partial charge in [-0.05, 0) is 24.6 Å². The first kappa shape index (κ1) is 14.2. The minimum atomic E-state index is 0.663. The van der Waals surface area contributed by atoms with E-state index in [4.69, 9.17) is 0 Å². The van der Waals surface area contributed by atoms with Gasteiger partial charge in [-0.2, -0.15) is 4.98 Å². The Hall–Kier alpha value is -2.17. The third-order valence-corrected chi connectivity index (χ3v) is 3.01. The molecule has 0 aromatic carbocycles. The molecule has 0 atom stereocenters. The van der Waals surface area contributed by atoms with Crippen LogP contribution in [0.25, 0.3) is 0 Å². The van der Waals surface area contributed by atoms with Crippen molar-refractivity contribution in [1.82, 2.24) is 15.0 Å². The highest BCUT2D eigenvalue weighted by Gasteiger charge is 2.04. The first-order valence-electron chi connectivity index (χ1n) is 6.97. The normalized spacial score (nSPS) is 10.3. The minimum absolute atomic E-state index is 0.663. The van der Waals surface area contributed by atoms with Crippen LogP contribution in [-0.2, 0) is 6.54 Å². The molecule has 5 heteroatoms. The van der Waals surface area contributed by atoms with Gasteiger partial charge in [0.15, 0.2) is 0 Å². The lowest BCUT2D eigenvalue weighted by molar-refractivity contribution is 0.750. The molecule has 0 spiro atoms. The van der Waals surface area contributed by atoms with Gasteiger partial charge in [0.1, 0.15) is 5.82 Å². The molecule has 106 valence electrons. The molecule has 5 nitrogen and oxygen atoms in total. The van der Waals surface area contributed by atoms with E-state index in [2.05, 4.69) is 32.1 Å². The molecular weight excluding hydrogens is 250 g/mol. The van der Waals surface area contributed by atoms with Crippen molar-refractivity contribution in [3.05, 3.63) is 42.4 Å². The summed E-state index contributed by atoms with van der Waals surface area (Å²) in [7, 11) is 2.02. The van der Waals surface area contributed by atoms with Gasteiger partial charge in [-0.15, -0.1) is 0 Å². The average molecular weight is 271 g/mol. The standard InChI is InChI=1S/C15H21N5/c1-3-4-11-20(2)15-17-10-8-14(19-15)18-12-13-7-5-6-9-16-13/h5-10H,3-4,11-12H2,1-2H3,(H,17,18,19). The lowest BCUT2D eigenvalue weighted by atomic mass is 10.3. The van der Waals surface area contributed by atoms with Gasteiger partial charge in [-0.1, -0.05) is 19.4 Å². The van der Waals surface area contributed by atoms with E-state index in [1.807, 2.05) is 31.3 Å². The Balaban J connectivity index is 1.95. The Bertz CT molecular complexity index is 515. The van der Waals surface area contributed by atoms with Crippen LogP contribution in [0.1, 0.15) is 25.5 Å². The molecule has 0 saturated heterocycles. The first-order valence-corrected chi connectivity index (χ1v) is 6.97. The number of unbranched alkanes of at least 4 members (excludes halogenated alkanes) is 1. The highest BCUT2D eigenvalue weighted by Crippen LogP contribution is 2.11. The summed E-state index contributed by atoms with van der Waals surface area (Å²) >= 11 is 0. The van der Waals surface area contributed by atoms with Crippen LogP contribution in [0.4, 0.5) is 11.8 Å². The lowest BCUT2D eigenvalue weighted by Crippen LogP contribution is -2.21. The number of hydrogen-bond acceptors (Lipinski definition) is 5. The van der Waals surface area contributed by atoms with Gasteiger partial charge in [0.05, 0.1) is 12.2 Å². The van der Waals surface area contributed by atoms with Crippen LogP contribution in [0.15, 0.2) is 36.7 Å². The fraction of sp³-hybridized carbons (Fsp3) is 0.400. The Labute approximate surface area is 120 Å². The lowest BCUT2D eigenvalue weighted by Gasteiger charge is -2.17. The number of aromatic nitrogens is 3. The number of nitrogens with one attached hydrogen (secondary N) is 1. The predicted molar refractivity (Wildman–Crippen MR) is 81.8 cm³/mol. The van der Waals surface area contributed by atoms with Gasteiger partial charge in [-0.3, -0.25) is 4.98 Å². The van der Waals surface area contributed by atoms with Crippen molar-refractivity contribution >= 4 is 11.8 Å². The van der Waals surface area contributed by atoms with Crippen molar-refractivity contribution in [2.45, 2.75) is 26.3 Å². The summed E-state index contributed by atoms with van der Waals surface area (Å²) in [5.41, 5.74) is 0.993. The fourth-order valence-corrected chi connectivity index (χ4v) is 1.81. The van der Waals surface area contributed by atoms with E-state index in [1.165, 1.54) is 6.42 Å². The van der Waals surface area contributed by atoms with Gasteiger partial charge in [0.25, 0.3) is 0 Å². The Kier molecular flexibility index (Phi) is 5.29. The molecule has 0 aliphatic carbocycles. The molecule has 0 aliphatic rings. The minimum Gasteiger partial charge on any atom is -0.364 e. The summed E-state index contributed by atoms with van der Waals surface area (Å²) in [5.74, 6) is 1.58. The summed E-state index contributed by atoms with van der Waals surface area (Å²) in [6.07, 6.45) is 5.89. The molecule has 2 heterocycles. The van der Waals surface area contributed by atoms with E-state index in [0.29, 0.717) is 6.54 Å². The molecule has 0 radical (unpaired) electrons. The molecule has 2 aromatic heterocycles. The number of nitrogens with zero attached hydrogens (tertiary/aromatic N) is 4. The van der Waals surface area contributed by atoms with Crippen molar-refractivity contribution in [3.8, 4) is 0 Å². The van der Waals surface area contributed by atoms with Crippen LogP contribution in [0.2, 0.25) is 0 Å². The van der Waals surface area contributed by atoms with E-state index in [1.54, 1.807) is 12.4 Å². The highest BCUT2D eigenvalue weighted by molar-refractivity contribution is 5.40. The van der Waals surface area contributed by atoms with Crippen LogP contribution in [0.3, 0.4) is 0 Å². The number of anilines is 2. The first-order chi connectivity index (χ1) is 9.79. The van der Waals surface area contributed by atoms with E-state index in [-0.39, 0.29) is 0 Å². The molecule has 0 bridgehead atoms. The van der Waals surface area contributed by atoms with Crippen molar-refractivity contribution in [2.24, 2.45) is 0 Å². The van der Waals surface area contributed by atoms with E-state index >= 15 is 0 Å². The van der Waals surface area contributed by atoms with Crippen molar-refractivity contribution in [3.63, 3.8) is 0 Å². The van der Waals surface area contributed by atoms with Gasteiger partial charge in [0, 0.05) is 26.0 Å². The second-order valence-electron chi connectivity index (χ2n) is 4.69. The van der Waals surface area contributed by atoms with Crippen LogP contribution < -0.4 is 10.2 Å². The Morgan fingerprint density at radius 1 is 1.15 bits per heavy atom. The van der Waals surface area contributed by atoms with E-state index < -0.39 is 0 Å². The van der Waals surface area contributed by atoms with Crippen LogP contribution in [0.5, 0.6) is 0 Å². The molecule has 20 heavy (non-hydrogen) atoms. The topological polar surface area (TPSA) is 53.9 Å². The Morgan fingerprint density at radius 2 is 2.05 bits per heavy atom. The SMILES string of the molecule is CCCCN(C)c1nccc(NCc2ccccn2)n1. The molecule has 0 fully saturated rings. The van der Waals surface area contributed by atoms with Crippen LogP contribution in [-0.4, -0.2) is 28.5 Å². The summed E-state index contributed by atoms with van der Waals surface area (Å²) in [4.78, 5) is 15.2. The van der Waals surface area contributed by atoms with Gasteiger partial charge < -0.3 is 10.2 Å². The summed E-state index contributed by atoms with van der Waals surface area (Å²) in [6, 6.07) is 7.76. The van der Waals surface area contributed by atoms with Crippen molar-refractivity contribution in [2.75, 3.05) is 23.8 Å². The quantitative estimate of drug-likeness (QED) is 0.839. The zero-order valence-electron chi connectivity index (χ0n) is 12.1. The number of rotatable bonds is 7. The molecule has 0 saturated carbocycles. The third-order valence-electron chi connectivity index (χ3n) is 3.01. The monoisotopic (exact) mass is 271 g/mol. The largest absolute Gasteiger partial charge is 0.364 e. The summed E-state index contributed by atoms with van der Waals surface area (Å²) < 4.78 is 0. The molecule has 1 N–H and O–H groups in total. The molecular formula is C15H21N5. The maximum absolute atomic E-state index is 4.52. The second-order valence-corrected chi connectivity index (χ2v) is 4.69. The third kappa shape index (κ3) is 4.19. The molecule has 0 aliphatic heterocycles. The van der Waals surface area contributed by atoms with E-state index in [0.717, 1.165) is 30.4 Å². The summed E-state index contributed by atoms with van der Waals surface area (Å²) in [5, 5.41) is 3.27. The molecule has 2 aromatic rings. The zero-order chi connectivity index (χ0) is 14.2. The van der Waals surface area contributed by atoms with E-state index in [9.17, 15) is 0 Å². The molecule has 0 amide bonds. The maximum Gasteiger partial charge on any atom is 0.226 e. The van der Waals surface area contributed by atoms with Crippen LogP contribution >= 0.6 is 0 Å². The average Bonchev–Trinajstić information content (AvgIpc) is 2.52. The van der Waals surface area contributed by atoms with Crippen LogP contribution in [0, 0.1) is 0 Å². The zero-order valence-corrected chi connectivity index (χ0v) is 12.1. The second kappa shape index (κ2) is 7.43. The Morgan fingerprint density at radius 3 is 2.80 bits per heavy atom. The van der Waals surface area contributed by atoms with Gasteiger partial charge in [-0.25, -0.2) is 4.98 Å². The van der Waals surface area contributed by atoms with Gasteiger partial charge >= 0.3 is 0 Å².